The van der Waals surface area contributed by atoms with E-state index in [1.165, 1.54) is 0 Å². The van der Waals surface area contributed by atoms with Crippen molar-refractivity contribution in [3.05, 3.63) is 48.0 Å². The Morgan fingerprint density at radius 3 is 2.71 bits per heavy atom. The minimum Gasteiger partial charge on any atom is -0.490 e. The number of amides is 2. The summed E-state index contributed by atoms with van der Waals surface area (Å²) in [5.41, 5.74) is 1.79. The van der Waals surface area contributed by atoms with Gasteiger partial charge in [-0.2, -0.15) is 0 Å². The van der Waals surface area contributed by atoms with Gasteiger partial charge in [0.05, 0.1) is 11.1 Å². The second-order valence-electron chi connectivity index (χ2n) is 9.15. The molecule has 2 aromatic carbocycles. The van der Waals surface area contributed by atoms with Crippen LogP contribution in [-0.4, -0.2) is 31.6 Å². The second-order valence-corrected chi connectivity index (χ2v) is 9.15. The molecule has 0 aromatic heterocycles. The summed E-state index contributed by atoms with van der Waals surface area (Å²) in [6.45, 7) is 10.9. The summed E-state index contributed by atoms with van der Waals surface area (Å²) in [6.07, 6.45) is 0.899. The topological polar surface area (TPSA) is 67.9 Å². The molecular formula is C25H32N2O4. The summed E-state index contributed by atoms with van der Waals surface area (Å²) >= 11 is 0. The molecule has 1 heterocycles. The monoisotopic (exact) mass is 424 g/mol. The lowest BCUT2D eigenvalue weighted by Gasteiger charge is -2.28. The highest BCUT2D eigenvalue weighted by atomic mass is 16.5. The fourth-order valence-corrected chi connectivity index (χ4v) is 3.39. The van der Waals surface area contributed by atoms with E-state index in [9.17, 15) is 9.59 Å². The van der Waals surface area contributed by atoms with Crippen LogP contribution in [0.1, 0.15) is 39.7 Å². The largest absolute Gasteiger partial charge is 0.490 e. The number of benzene rings is 2. The van der Waals surface area contributed by atoms with Gasteiger partial charge in [0.25, 0.3) is 5.91 Å². The first-order valence-corrected chi connectivity index (χ1v) is 10.7. The number of nitrogens with zero attached hydrogens (tertiary/aromatic N) is 1. The number of carbonyl (C=O) groups excluding carboxylic acids is 2. The molecule has 2 amide bonds. The molecule has 1 aliphatic rings. The Balaban J connectivity index is 1.73. The number of hydrogen-bond acceptors (Lipinski definition) is 4. The summed E-state index contributed by atoms with van der Waals surface area (Å²) in [5, 5.41) is 2.85. The van der Waals surface area contributed by atoms with E-state index in [1.54, 1.807) is 12.1 Å². The molecule has 0 aliphatic carbocycles. The van der Waals surface area contributed by atoms with E-state index in [1.807, 2.05) is 56.0 Å². The summed E-state index contributed by atoms with van der Waals surface area (Å²) < 4.78 is 11.6. The van der Waals surface area contributed by atoms with Crippen LogP contribution in [0.15, 0.2) is 42.5 Å². The van der Waals surface area contributed by atoms with E-state index in [2.05, 4.69) is 19.2 Å². The number of ether oxygens (including phenoxy) is 2. The first-order chi connectivity index (χ1) is 14.7. The second kappa shape index (κ2) is 9.41. The van der Waals surface area contributed by atoms with Gasteiger partial charge in [0.2, 0.25) is 5.91 Å². The van der Waals surface area contributed by atoms with Gasteiger partial charge >= 0.3 is 0 Å². The molecule has 0 unspecified atom stereocenters. The first-order valence-electron chi connectivity index (χ1n) is 10.7. The Morgan fingerprint density at radius 2 is 2.00 bits per heavy atom. The normalized spacial score (nSPS) is 15.2. The minimum atomic E-state index is -0.624. The molecule has 1 N–H and O–H groups in total. The third-order valence-electron chi connectivity index (χ3n) is 5.24. The third-order valence-corrected chi connectivity index (χ3v) is 5.24. The lowest BCUT2D eigenvalue weighted by Crippen LogP contribution is -2.42. The van der Waals surface area contributed by atoms with Crippen molar-refractivity contribution < 1.29 is 19.1 Å². The van der Waals surface area contributed by atoms with Gasteiger partial charge in [-0.1, -0.05) is 26.0 Å². The third kappa shape index (κ3) is 5.78. The maximum atomic E-state index is 13.1. The molecule has 6 nitrogen and oxygen atoms in total. The Bertz CT molecular complexity index is 952. The van der Waals surface area contributed by atoms with Gasteiger partial charge in [-0.3, -0.25) is 9.59 Å². The highest BCUT2D eigenvalue weighted by Gasteiger charge is 2.37. The Morgan fingerprint density at radius 1 is 1.23 bits per heavy atom. The number of hydrogen-bond donors (Lipinski definition) is 1. The molecule has 1 aliphatic heterocycles. The fourth-order valence-electron chi connectivity index (χ4n) is 3.39. The fraction of sp³-hybridized carbons (Fsp3) is 0.440. The zero-order valence-corrected chi connectivity index (χ0v) is 19.0. The van der Waals surface area contributed by atoms with Crippen molar-refractivity contribution in [2.45, 2.75) is 41.0 Å². The maximum Gasteiger partial charge on any atom is 0.262 e. The molecule has 2 aromatic rings. The maximum absolute atomic E-state index is 13.1. The van der Waals surface area contributed by atoms with Gasteiger partial charge in [0.1, 0.15) is 18.1 Å². The molecule has 31 heavy (non-hydrogen) atoms. The standard InChI is InChI=1S/C25H32N2O4/c1-17(2)11-12-27-21-10-9-19(14-22(21)31-16-25(4,5)24(27)29)26-23(28)15-30-20-8-6-7-18(3)13-20/h6-10,13-14,17H,11-12,15-16H2,1-5H3,(H,26,28). The summed E-state index contributed by atoms with van der Waals surface area (Å²) in [6, 6.07) is 13.0. The zero-order chi connectivity index (χ0) is 22.6. The zero-order valence-electron chi connectivity index (χ0n) is 19.0. The van der Waals surface area contributed by atoms with E-state index in [4.69, 9.17) is 9.47 Å². The molecule has 0 saturated heterocycles. The van der Waals surface area contributed by atoms with Crippen LogP contribution in [0.4, 0.5) is 11.4 Å². The van der Waals surface area contributed by atoms with Crippen molar-refractivity contribution in [2.24, 2.45) is 11.3 Å². The van der Waals surface area contributed by atoms with Crippen molar-refractivity contribution in [1.29, 1.82) is 0 Å². The average molecular weight is 425 g/mol. The van der Waals surface area contributed by atoms with Crippen LogP contribution in [0, 0.1) is 18.3 Å². The van der Waals surface area contributed by atoms with Crippen LogP contribution < -0.4 is 19.7 Å². The predicted octanol–water partition coefficient (Wildman–Crippen LogP) is 4.81. The first kappa shape index (κ1) is 22.7. The quantitative estimate of drug-likeness (QED) is 0.693. The molecule has 0 atom stereocenters. The van der Waals surface area contributed by atoms with Crippen LogP contribution in [0.5, 0.6) is 11.5 Å². The molecule has 3 rings (SSSR count). The van der Waals surface area contributed by atoms with E-state index in [-0.39, 0.29) is 25.0 Å². The number of rotatable bonds is 7. The predicted molar refractivity (Wildman–Crippen MR) is 123 cm³/mol. The molecule has 0 fully saturated rings. The van der Waals surface area contributed by atoms with Crippen molar-refractivity contribution in [3.8, 4) is 11.5 Å². The minimum absolute atomic E-state index is 0.0511. The number of anilines is 2. The van der Waals surface area contributed by atoms with Crippen molar-refractivity contribution in [1.82, 2.24) is 0 Å². The van der Waals surface area contributed by atoms with Gasteiger partial charge < -0.3 is 19.7 Å². The van der Waals surface area contributed by atoms with Crippen LogP contribution in [0.2, 0.25) is 0 Å². The van der Waals surface area contributed by atoms with E-state index < -0.39 is 5.41 Å². The number of fused-ring (bicyclic) bond motifs is 1. The van der Waals surface area contributed by atoms with E-state index >= 15 is 0 Å². The molecular weight excluding hydrogens is 392 g/mol. The SMILES string of the molecule is Cc1cccc(OCC(=O)Nc2ccc3c(c2)OCC(C)(C)C(=O)N3CCC(C)C)c1. The van der Waals surface area contributed by atoms with Crippen LogP contribution in [0.3, 0.4) is 0 Å². The van der Waals surface area contributed by atoms with Gasteiger partial charge in [-0.15, -0.1) is 0 Å². The van der Waals surface area contributed by atoms with Gasteiger partial charge in [-0.05, 0) is 62.9 Å². The van der Waals surface area contributed by atoms with Gasteiger partial charge in [0.15, 0.2) is 6.61 Å². The molecule has 0 radical (unpaired) electrons. The highest BCUT2D eigenvalue weighted by Crippen LogP contribution is 2.38. The van der Waals surface area contributed by atoms with Crippen LogP contribution >= 0.6 is 0 Å². The van der Waals surface area contributed by atoms with Crippen molar-refractivity contribution >= 4 is 23.2 Å². The number of carbonyl (C=O) groups is 2. The van der Waals surface area contributed by atoms with Crippen LogP contribution in [-0.2, 0) is 9.59 Å². The Hall–Kier alpha value is -3.02. The lowest BCUT2D eigenvalue weighted by atomic mass is 9.92. The summed E-state index contributed by atoms with van der Waals surface area (Å²) in [4.78, 5) is 27.3. The molecule has 6 heteroatoms. The number of aryl methyl sites for hydroxylation is 1. The molecule has 166 valence electrons. The molecule has 0 bridgehead atoms. The van der Waals surface area contributed by atoms with Crippen molar-refractivity contribution in [2.75, 3.05) is 30.0 Å². The average Bonchev–Trinajstić information content (AvgIpc) is 2.80. The van der Waals surface area contributed by atoms with E-state index in [0.717, 1.165) is 17.7 Å². The lowest BCUT2D eigenvalue weighted by molar-refractivity contribution is -0.127. The van der Waals surface area contributed by atoms with E-state index in [0.29, 0.717) is 29.6 Å². The van der Waals surface area contributed by atoms with Gasteiger partial charge in [-0.25, -0.2) is 0 Å². The molecule has 0 spiro atoms. The highest BCUT2D eigenvalue weighted by molar-refractivity contribution is 6.00. The smallest absolute Gasteiger partial charge is 0.262 e. The summed E-state index contributed by atoms with van der Waals surface area (Å²) in [5.74, 6) is 1.52. The summed E-state index contributed by atoms with van der Waals surface area (Å²) in [7, 11) is 0. The molecule has 0 saturated carbocycles. The van der Waals surface area contributed by atoms with Crippen molar-refractivity contribution in [3.63, 3.8) is 0 Å². The van der Waals surface area contributed by atoms with Gasteiger partial charge in [0, 0.05) is 18.3 Å². The Labute approximate surface area is 184 Å². The Kier molecular flexibility index (Phi) is 6.88. The number of nitrogens with one attached hydrogen (secondary N) is 1. The van der Waals surface area contributed by atoms with Crippen LogP contribution in [0.25, 0.3) is 0 Å².